The number of benzene rings is 2. The van der Waals surface area contributed by atoms with Crippen molar-refractivity contribution < 1.29 is 9.21 Å². The summed E-state index contributed by atoms with van der Waals surface area (Å²) in [6, 6.07) is 11.6. The number of fused-ring (bicyclic) bond motifs is 1. The third kappa shape index (κ3) is 3.91. The molecule has 0 aliphatic heterocycles. The Morgan fingerprint density at radius 2 is 1.77 bits per heavy atom. The average molecular weight is 367 g/mol. The highest BCUT2D eigenvalue weighted by Crippen LogP contribution is 2.27. The van der Waals surface area contributed by atoms with Crippen LogP contribution in [0.1, 0.15) is 25.0 Å². The Balaban J connectivity index is 1.75. The zero-order valence-corrected chi connectivity index (χ0v) is 16.0. The number of thiocarbonyl (C=S) groups is 1. The second-order valence-corrected chi connectivity index (χ2v) is 7.01. The van der Waals surface area contributed by atoms with Crippen molar-refractivity contribution >= 4 is 40.0 Å². The van der Waals surface area contributed by atoms with Gasteiger partial charge in [-0.15, -0.1) is 0 Å². The number of nitrogens with one attached hydrogen (secondary N) is 2. The SMILES string of the molecule is Cc1cc2nc(-c3ccc(NC(=S)NC(=O)C(C)C)cc3)oc2cc1C. The van der Waals surface area contributed by atoms with Gasteiger partial charge in [0, 0.05) is 17.2 Å². The lowest BCUT2D eigenvalue weighted by molar-refractivity contribution is -0.122. The van der Waals surface area contributed by atoms with Gasteiger partial charge >= 0.3 is 0 Å². The van der Waals surface area contributed by atoms with Gasteiger partial charge in [0.25, 0.3) is 0 Å². The average Bonchev–Trinajstić information content (AvgIpc) is 2.98. The zero-order valence-electron chi connectivity index (χ0n) is 15.2. The van der Waals surface area contributed by atoms with Gasteiger partial charge in [0.1, 0.15) is 5.52 Å². The van der Waals surface area contributed by atoms with E-state index in [0.717, 1.165) is 22.4 Å². The molecule has 0 aliphatic carbocycles. The molecule has 5 nitrogen and oxygen atoms in total. The third-order valence-corrected chi connectivity index (χ3v) is 4.36. The second kappa shape index (κ2) is 7.25. The van der Waals surface area contributed by atoms with E-state index in [4.69, 9.17) is 16.6 Å². The van der Waals surface area contributed by atoms with Crippen molar-refractivity contribution in [2.24, 2.45) is 5.92 Å². The van der Waals surface area contributed by atoms with Crippen LogP contribution in [0.5, 0.6) is 0 Å². The number of nitrogens with zero attached hydrogens (tertiary/aromatic N) is 1. The second-order valence-electron chi connectivity index (χ2n) is 6.60. The predicted molar refractivity (Wildman–Crippen MR) is 108 cm³/mol. The summed E-state index contributed by atoms with van der Waals surface area (Å²) < 4.78 is 5.88. The number of carbonyl (C=O) groups is 1. The maximum atomic E-state index is 11.7. The van der Waals surface area contributed by atoms with Crippen LogP contribution in [-0.4, -0.2) is 16.0 Å². The number of amides is 1. The van der Waals surface area contributed by atoms with Crippen molar-refractivity contribution in [1.29, 1.82) is 0 Å². The van der Waals surface area contributed by atoms with Crippen LogP contribution in [0.15, 0.2) is 40.8 Å². The standard InChI is InChI=1S/C20H21N3O2S/c1-11(2)18(24)23-20(26)21-15-7-5-14(6-8-15)19-22-16-9-12(3)13(4)10-17(16)25-19/h5-11H,1-4H3,(H2,21,23,24,26). The molecule has 0 saturated carbocycles. The first-order valence-electron chi connectivity index (χ1n) is 8.43. The van der Waals surface area contributed by atoms with Crippen LogP contribution in [0.25, 0.3) is 22.6 Å². The minimum Gasteiger partial charge on any atom is -0.436 e. The number of rotatable bonds is 3. The van der Waals surface area contributed by atoms with Crippen LogP contribution in [-0.2, 0) is 4.79 Å². The number of anilines is 1. The molecule has 0 unspecified atom stereocenters. The lowest BCUT2D eigenvalue weighted by Gasteiger charge is -2.11. The van der Waals surface area contributed by atoms with Gasteiger partial charge in [0.15, 0.2) is 10.7 Å². The molecule has 0 bridgehead atoms. The van der Waals surface area contributed by atoms with E-state index in [2.05, 4.69) is 29.5 Å². The number of oxazole rings is 1. The molecule has 134 valence electrons. The van der Waals surface area contributed by atoms with Crippen molar-refractivity contribution in [3.05, 3.63) is 47.5 Å². The first-order valence-corrected chi connectivity index (χ1v) is 8.84. The Morgan fingerprint density at radius 1 is 1.12 bits per heavy atom. The van der Waals surface area contributed by atoms with E-state index in [-0.39, 0.29) is 16.9 Å². The van der Waals surface area contributed by atoms with Gasteiger partial charge in [-0.1, -0.05) is 13.8 Å². The molecule has 3 rings (SSSR count). The highest BCUT2D eigenvalue weighted by atomic mass is 32.1. The molecule has 0 saturated heterocycles. The van der Waals surface area contributed by atoms with E-state index in [1.165, 1.54) is 11.1 Å². The van der Waals surface area contributed by atoms with Gasteiger partial charge in [0.2, 0.25) is 11.8 Å². The van der Waals surface area contributed by atoms with Crippen molar-refractivity contribution in [2.75, 3.05) is 5.32 Å². The Bertz CT molecular complexity index is 936. The van der Waals surface area contributed by atoms with Gasteiger partial charge in [-0.3, -0.25) is 4.79 Å². The van der Waals surface area contributed by atoms with Gasteiger partial charge < -0.3 is 15.1 Å². The third-order valence-electron chi connectivity index (χ3n) is 4.15. The van der Waals surface area contributed by atoms with Crippen LogP contribution in [0, 0.1) is 19.8 Å². The molecule has 3 aromatic rings. The van der Waals surface area contributed by atoms with E-state index in [0.29, 0.717) is 5.89 Å². The molecule has 0 spiro atoms. The van der Waals surface area contributed by atoms with Crippen molar-refractivity contribution in [1.82, 2.24) is 10.3 Å². The molecule has 2 aromatic carbocycles. The lowest BCUT2D eigenvalue weighted by atomic mass is 10.1. The summed E-state index contributed by atoms with van der Waals surface area (Å²) in [6.45, 7) is 7.75. The molecule has 6 heteroatoms. The molecule has 0 aliphatic rings. The molecule has 0 radical (unpaired) electrons. The fraction of sp³-hybridized carbons (Fsp3) is 0.250. The summed E-state index contributed by atoms with van der Waals surface area (Å²) in [5.41, 5.74) is 5.65. The molecule has 0 atom stereocenters. The number of aryl methyl sites for hydroxylation is 2. The van der Waals surface area contributed by atoms with Crippen LogP contribution in [0.2, 0.25) is 0 Å². The van der Waals surface area contributed by atoms with Crippen LogP contribution in [0.3, 0.4) is 0 Å². The van der Waals surface area contributed by atoms with Crippen molar-refractivity contribution in [2.45, 2.75) is 27.7 Å². The number of aromatic nitrogens is 1. The van der Waals surface area contributed by atoms with E-state index in [1.54, 1.807) is 0 Å². The summed E-state index contributed by atoms with van der Waals surface area (Å²) in [4.78, 5) is 16.2. The van der Waals surface area contributed by atoms with Crippen LogP contribution >= 0.6 is 12.2 Å². The lowest BCUT2D eigenvalue weighted by Crippen LogP contribution is -2.36. The number of carbonyl (C=O) groups excluding carboxylic acids is 1. The topological polar surface area (TPSA) is 67.2 Å². The van der Waals surface area contributed by atoms with Crippen LogP contribution < -0.4 is 10.6 Å². The normalized spacial score (nSPS) is 11.0. The highest BCUT2D eigenvalue weighted by molar-refractivity contribution is 7.80. The van der Waals surface area contributed by atoms with Crippen LogP contribution in [0.4, 0.5) is 5.69 Å². The summed E-state index contributed by atoms with van der Waals surface area (Å²) in [7, 11) is 0. The Labute approximate surface area is 157 Å². The predicted octanol–water partition coefficient (Wildman–Crippen LogP) is 4.58. The zero-order chi connectivity index (χ0) is 18.8. The molecular formula is C20H21N3O2S. The fourth-order valence-electron chi connectivity index (χ4n) is 2.42. The summed E-state index contributed by atoms with van der Waals surface area (Å²) >= 11 is 5.15. The maximum Gasteiger partial charge on any atom is 0.228 e. The maximum absolute atomic E-state index is 11.7. The summed E-state index contributed by atoms with van der Waals surface area (Å²) in [6.07, 6.45) is 0. The largest absolute Gasteiger partial charge is 0.436 e. The first-order chi connectivity index (χ1) is 12.3. The minimum absolute atomic E-state index is 0.115. The summed E-state index contributed by atoms with van der Waals surface area (Å²) in [5, 5.41) is 5.93. The molecule has 1 aromatic heterocycles. The monoisotopic (exact) mass is 367 g/mol. The van der Waals surface area contributed by atoms with Gasteiger partial charge in [-0.2, -0.15) is 0 Å². The Kier molecular flexibility index (Phi) is 5.04. The summed E-state index contributed by atoms with van der Waals surface area (Å²) in [5.74, 6) is 0.340. The van der Waals surface area contributed by atoms with E-state index in [1.807, 2.05) is 50.2 Å². The molecule has 0 fully saturated rings. The van der Waals surface area contributed by atoms with E-state index >= 15 is 0 Å². The molecule has 2 N–H and O–H groups in total. The highest BCUT2D eigenvalue weighted by Gasteiger charge is 2.11. The van der Waals surface area contributed by atoms with Crippen molar-refractivity contribution in [3.63, 3.8) is 0 Å². The minimum atomic E-state index is -0.122. The number of hydrogen-bond donors (Lipinski definition) is 2. The van der Waals surface area contributed by atoms with Gasteiger partial charge in [0.05, 0.1) is 0 Å². The number of hydrogen-bond acceptors (Lipinski definition) is 4. The molecular weight excluding hydrogens is 346 g/mol. The molecule has 26 heavy (non-hydrogen) atoms. The van der Waals surface area contributed by atoms with Gasteiger partial charge in [-0.05, 0) is 73.6 Å². The Morgan fingerprint density at radius 3 is 2.42 bits per heavy atom. The van der Waals surface area contributed by atoms with Gasteiger partial charge in [-0.25, -0.2) is 4.98 Å². The van der Waals surface area contributed by atoms with Crippen molar-refractivity contribution in [3.8, 4) is 11.5 Å². The fourth-order valence-corrected chi connectivity index (χ4v) is 2.64. The Hall–Kier alpha value is -2.73. The first kappa shape index (κ1) is 18.1. The van der Waals surface area contributed by atoms with E-state index < -0.39 is 0 Å². The quantitative estimate of drug-likeness (QED) is 0.663. The molecule has 1 amide bonds. The molecule has 1 heterocycles. The van der Waals surface area contributed by atoms with E-state index in [9.17, 15) is 4.79 Å². The smallest absolute Gasteiger partial charge is 0.228 e.